The van der Waals surface area contributed by atoms with Crippen molar-refractivity contribution in [1.29, 1.82) is 0 Å². The lowest BCUT2D eigenvalue weighted by Gasteiger charge is -2.49. The Morgan fingerprint density at radius 2 is 1.68 bits per heavy atom. The molecule has 3 aliphatic rings. The second-order valence-corrected chi connectivity index (χ2v) is 8.90. The summed E-state index contributed by atoms with van der Waals surface area (Å²) in [6, 6.07) is 11.3. The molecule has 3 aliphatic heterocycles. The molecule has 3 aromatic rings. The van der Waals surface area contributed by atoms with E-state index in [1.165, 1.54) is 18.1 Å². The Balaban J connectivity index is 1.44. The molecular formula is C25H16ClN3O8. The van der Waals surface area contributed by atoms with Crippen LogP contribution in [0, 0.1) is 10.1 Å². The van der Waals surface area contributed by atoms with Crippen LogP contribution < -0.4 is 19.1 Å². The number of carbonyl (C=O) groups excluding carboxylic acids is 3. The van der Waals surface area contributed by atoms with Gasteiger partial charge in [0.25, 0.3) is 23.4 Å². The molecule has 0 N–H and O–H groups in total. The second-order valence-electron chi connectivity index (χ2n) is 8.50. The first-order chi connectivity index (χ1) is 17.8. The van der Waals surface area contributed by atoms with Crippen LogP contribution in [-0.4, -0.2) is 47.5 Å². The molecule has 0 aliphatic carbocycles. The van der Waals surface area contributed by atoms with Crippen molar-refractivity contribution in [3.63, 3.8) is 0 Å². The van der Waals surface area contributed by atoms with E-state index in [2.05, 4.69) is 0 Å². The highest BCUT2D eigenvalue weighted by Gasteiger charge is 2.57. The third-order valence-electron chi connectivity index (χ3n) is 6.61. The number of ether oxygens (including phenoxy) is 3. The van der Waals surface area contributed by atoms with Gasteiger partial charge < -0.3 is 19.1 Å². The quantitative estimate of drug-likeness (QED) is 0.215. The zero-order chi connectivity index (χ0) is 26.0. The summed E-state index contributed by atoms with van der Waals surface area (Å²) in [5.41, 5.74) is 0.565. The normalized spacial score (nSPS) is 19.7. The van der Waals surface area contributed by atoms with Gasteiger partial charge in [0.1, 0.15) is 11.8 Å². The van der Waals surface area contributed by atoms with E-state index in [4.69, 9.17) is 25.8 Å². The monoisotopic (exact) mass is 521 g/mol. The van der Waals surface area contributed by atoms with Crippen molar-refractivity contribution in [1.82, 2.24) is 4.90 Å². The fourth-order valence-corrected chi connectivity index (χ4v) is 5.11. The maximum atomic E-state index is 13.6. The average molecular weight is 522 g/mol. The summed E-state index contributed by atoms with van der Waals surface area (Å²) in [4.78, 5) is 53.1. The molecule has 0 radical (unpaired) electrons. The molecule has 37 heavy (non-hydrogen) atoms. The molecule has 3 amide bonds. The summed E-state index contributed by atoms with van der Waals surface area (Å²) < 4.78 is 16.1. The number of carbonyl (C=O) groups is 3. The van der Waals surface area contributed by atoms with Crippen LogP contribution in [0.15, 0.2) is 54.6 Å². The maximum absolute atomic E-state index is 13.6. The van der Waals surface area contributed by atoms with Gasteiger partial charge in [-0.2, -0.15) is 0 Å². The highest BCUT2D eigenvalue weighted by Crippen LogP contribution is 2.47. The fraction of sp³-hybridized carbons (Fsp3) is 0.160. The van der Waals surface area contributed by atoms with E-state index >= 15 is 0 Å². The largest absolute Gasteiger partial charge is 0.495 e. The molecule has 0 saturated carbocycles. The summed E-state index contributed by atoms with van der Waals surface area (Å²) in [5.74, 6) is -0.602. The lowest BCUT2D eigenvalue weighted by molar-refractivity contribution is -0.384. The first-order valence-electron chi connectivity index (χ1n) is 11.0. The second kappa shape index (κ2) is 8.20. The van der Waals surface area contributed by atoms with Crippen molar-refractivity contribution < 1.29 is 33.5 Å². The zero-order valence-corrected chi connectivity index (χ0v) is 19.8. The summed E-state index contributed by atoms with van der Waals surface area (Å²) in [7, 11) is 1.47. The molecule has 0 spiro atoms. The van der Waals surface area contributed by atoms with Crippen LogP contribution in [0.4, 0.5) is 11.4 Å². The number of fused-ring (bicyclic) bond motifs is 2. The van der Waals surface area contributed by atoms with Gasteiger partial charge in [-0.3, -0.25) is 29.4 Å². The summed E-state index contributed by atoms with van der Waals surface area (Å²) in [5, 5.41) is 11.5. The van der Waals surface area contributed by atoms with Gasteiger partial charge in [-0.15, -0.1) is 0 Å². The molecule has 11 nitrogen and oxygen atoms in total. The minimum Gasteiger partial charge on any atom is -0.495 e. The SMILES string of the molecule is COc1ccc(N2C(=O)C(N3C(=O)c4ccc([N+](=O)[O-])cc4C3=O)C2c2ccc3c(c2)OCO3)cc1Cl. The standard InChI is InChI=1S/C25H16ClN3O8/c1-35-18-7-4-13(10-17(18)26)27-21(12-2-6-19-20(8-12)37-11-36-19)22(25(27)32)28-23(30)15-5-3-14(29(33)34)9-16(15)24(28)31/h2-10,21-22H,11H2,1H3. The maximum Gasteiger partial charge on any atom is 0.270 e. The molecule has 2 atom stereocenters. The minimum atomic E-state index is -1.20. The Labute approximate surface area is 213 Å². The Hall–Kier alpha value is -4.64. The molecule has 2 unspecified atom stereocenters. The van der Waals surface area contributed by atoms with Gasteiger partial charge in [0.15, 0.2) is 11.5 Å². The van der Waals surface area contributed by atoms with Crippen LogP contribution in [0.25, 0.3) is 0 Å². The van der Waals surface area contributed by atoms with E-state index in [0.717, 1.165) is 17.0 Å². The number of non-ortho nitro benzene ring substituents is 1. The van der Waals surface area contributed by atoms with Crippen LogP contribution >= 0.6 is 11.6 Å². The molecule has 0 bridgehead atoms. The number of hydrogen-bond acceptors (Lipinski definition) is 8. The first-order valence-corrected chi connectivity index (χ1v) is 11.4. The summed E-state index contributed by atoms with van der Waals surface area (Å²) in [6.07, 6.45) is 0. The number of nitro groups is 1. The predicted octanol–water partition coefficient (Wildman–Crippen LogP) is 3.74. The van der Waals surface area contributed by atoms with Crippen LogP contribution in [0.3, 0.4) is 0 Å². The van der Waals surface area contributed by atoms with E-state index in [0.29, 0.717) is 28.5 Å². The fourth-order valence-electron chi connectivity index (χ4n) is 4.86. The molecular weight excluding hydrogens is 506 g/mol. The molecule has 1 fully saturated rings. The number of nitro benzene ring substituents is 1. The number of imide groups is 1. The molecule has 3 aromatic carbocycles. The summed E-state index contributed by atoms with van der Waals surface area (Å²) >= 11 is 6.31. The van der Waals surface area contributed by atoms with Crippen molar-refractivity contribution in [2.45, 2.75) is 12.1 Å². The van der Waals surface area contributed by atoms with Gasteiger partial charge in [-0.1, -0.05) is 17.7 Å². The number of methoxy groups -OCH3 is 1. The smallest absolute Gasteiger partial charge is 0.270 e. The molecule has 3 heterocycles. The molecule has 186 valence electrons. The lowest BCUT2D eigenvalue weighted by atomic mass is 9.86. The Bertz CT molecular complexity index is 1540. The van der Waals surface area contributed by atoms with Crippen molar-refractivity contribution >= 4 is 40.7 Å². The number of rotatable bonds is 5. The van der Waals surface area contributed by atoms with Crippen LogP contribution in [0.2, 0.25) is 5.02 Å². The molecule has 6 rings (SSSR count). The van der Waals surface area contributed by atoms with Gasteiger partial charge >= 0.3 is 0 Å². The van der Waals surface area contributed by atoms with Gasteiger partial charge in [0, 0.05) is 17.8 Å². The first kappa shape index (κ1) is 22.8. The predicted molar refractivity (Wildman–Crippen MR) is 128 cm³/mol. The Kier molecular flexibility index (Phi) is 5.06. The highest BCUT2D eigenvalue weighted by atomic mass is 35.5. The van der Waals surface area contributed by atoms with Crippen molar-refractivity contribution in [3.8, 4) is 17.2 Å². The molecule has 0 aromatic heterocycles. The third-order valence-corrected chi connectivity index (χ3v) is 6.91. The van der Waals surface area contributed by atoms with E-state index < -0.39 is 34.7 Å². The van der Waals surface area contributed by atoms with E-state index in [9.17, 15) is 24.5 Å². The van der Waals surface area contributed by atoms with Gasteiger partial charge in [0.2, 0.25) is 6.79 Å². The Morgan fingerprint density at radius 3 is 2.41 bits per heavy atom. The van der Waals surface area contributed by atoms with Crippen LogP contribution in [-0.2, 0) is 4.79 Å². The molecule has 1 saturated heterocycles. The lowest BCUT2D eigenvalue weighted by Crippen LogP contribution is -2.67. The van der Waals surface area contributed by atoms with Crippen LogP contribution in [0.5, 0.6) is 17.2 Å². The number of β-lactam (4-membered cyclic amide) rings is 1. The average Bonchev–Trinajstić information content (AvgIpc) is 3.45. The zero-order valence-electron chi connectivity index (χ0n) is 19.0. The van der Waals surface area contributed by atoms with E-state index in [1.807, 2.05) is 0 Å². The van der Waals surface area contributed by atoms with Gasteiger partial charge in [-0.05, 0) is 42.0 Å². The van der Waals surface area contributed by atoms with Crippen molar-refractivity contribution in [2.75, 3.05) is 18.8 Å². The number of benzene rings is 3. The Morgan fingerprint density at radius 1 is 0.919 bits per heavy atom. The number of nitrogens with zero attached hydrogens (tertiary/aromatic N) is 3. The van der Waals surface area contributed by atoms with E-state index in [-0.39, 0.29) is 28.6 Å². The minimum absolute atomic E-state index is 0.00113. The molecule has 12 heteroatoms. The van der Waals surface area contributed by atoms with Crippen molar-refractivity contribution in [2.24, 2.45) is 0 Å². The number of hydrogen-bond donors (Lipinski definition) is 0. The number of amides is 3. The third kappa shape index (κ3) is 3.31. The van der Waals surface area contributed by atoms with Crippen LogP contribution in [0.1, 0.15) is 32.3 Å². The number of anilines is 1. The van der Waals surface area contributed by atoms with Gasteiger partial charge in [0.05, 0.1) is 34.2 Å². The number of halogens is 1. The van der Waals surface area contributed by atoms with Crippen molar-refractivity contribution in [3.05, 3.63) is 86.4 Å². The van der Waals surface area contributed by atoms with Gasteiger partial charge in [-0.25, -0.2) is 0 Å². The topological polar surface area (TPSA) is 129 Å². The van der Waals surface area contributed by atoms with E-state index in [1.54, 1.807) is 36.4 Å². The summed E-state index contributed by atoms with van der Waals surface area (Å²) in [6.45, 7) is 0.0425. The highest BCUT2D eigenvalue weighted by molar-refractivity contribution is 6.32.